The number of rotatable bonds is 4. The van der Waals surface area contributed by atoms with Crippen LogP contribution in [-0.4, -0.2) is 33.6 Å². The van der Waals surface area contributed by atoms with Crippen molar-refractivity contribution in [1.29, 1.82) is 0 Å². The summed E-state index contributed by atoms with van der Waals surface area (Å²) in [6, 6.07) is 11.5. The molecule has 1 unspecified atom stereocenters. The normalized spacial score (nSPS) is 17.1. The highest BCUT2D eigenvalue weighted by Gasteiger charge is 2.14. The number of aliphatic hydroxyl groups excluding tert-OH is 1. The highest BCUT2D eigenvalue weighted by atomic mass is 16.3. The number of hydrogen-bond acceptors (Lipinski definition) is 4. The van der Waals surface area contributed by atoms with E-state index in [1.165, 1.54) is 0 Å². The number of hydrogen-bond donors (Lipinski definition) is 2. The molecule has 0 fully saturated rings. The third-order valence-electron chi connectivity index (χ3n) is 4.22. The Labute approximate surface area is 142 Å². The Morgan fingerprint density at radius 3 is 2.62 bits per heavy atom. The highest BCUT2D eigenvalue weighted by Crippen LogP contribution is 2.35. The molecule has 0 saturated heterocycles. The zero-order chi connectivity index (χ0) is 17.1. The number of allylic oxidation sites excluding steroid dienone is 3. The van der Waals surface area contributed by atoms with Gasteiger partial charge in [0.2, 0.25) is 0 Å². The molecular weight excluding hydrogens is 300 g/mol. The molecule has 2 N–H and O–H groups in total. The summed E-state index contributed by atoms with van der Waals surface area (Å²) in [7, 11) is 0. The smallest absolute Gasteiger partial charge is 0.141 e. The number of aliphatic hydroxyl groups is 1. The predicted molar refractivity (Wildman–Crippen MR) is 98.6 cm³/mol. The Morgan fingerprint density at radius 1 is 1.17 bits per heavy atom. The van der Waals surface area contributed by atoms with E-state index in [-0.39, 0.29) is 5.75 Å². The molecule has 24 heavy (non-hydrogen) atoms. The minimum absolute atomic E-state index is 0.184. The number of benzene rings is 2. The van der Waals surface area contributed by atoms with Crippen LogP contribution in [0, 0.1) is 0 Å². The second-order valence-electron chi connectivity index (χ2n) is 5.84. The Bertz CT molecular complexity index is 835. The lowest BCUT2D eigenvalue weighted by atomic mass is 10.1. The first kappa shape index (κ1) is 16.3. The molecule has 0 aromatic heterocycles. The van der Waals surface area contributed by atoms with E-state index < -0.39 is 6.23 Å². The van der Waals surface area contributed by atoms with Gasteiger partial charge in [0.15, 0.2) is 0 Å². The van der Waals surface area contributed by atoms with Gasteiger partial charge >= 0.3 is 0 Å². The van der Waals surface area contributed by atoms with Crippen LogP contribution in [-0.2, 0) is 0 Å². The molecule has 0 aliphatic heterocycles. The maximum Gasteiger partial charge on any atom is 0.141 e. The third kappa shape index (κ3) is 3.19. The van der Waals surface area contributed by atoms with Crippen LogP contribution in [0.1, 0.15) is 20.3 Å². The van der Waals surface area contributed by atoms with Gasteiger partial charge in [-0.15, -0.1) is 0 Å². The van der Waals surface area contributed by atoms with Crippen LogP contribution in [0.25, 0.3) is 10.8 Å². The van der Waals surface area contributed by atoms with Crippen LogP contribution in [0.5, 0.6) is 5.75 Å². The van der Waals surface area contributed by atoms with Gasteiger partial charge in [-0.3, -0.25) is 0 Å². The van der Waals surface area contributed by atoms with Crippen molar-refractivity contribution < 1.29 is 10.2 Å². The fourth-order valence-corrected chi connectivity index (χ4v) is 2.99. The van der Waals surface area contributed by atoms with E-state index in [1.54, 1.807) is 13.0 Å². The fourth-order valence-electron chi connectivity index (χ4n) is 2.99. The van der Waals surface area contributed by atoms with Crippen molar-refractivity contribution >= 4 is 22.2 Å². The summed E-state index contributed by atoms with van der Waals surface area (Å²) in [6.07, 6.45) is 6.10. The van der Waals surface area contributed by atoms with Crippen LogP contribution < -0.4 is 0 Å². The van der Waals surface area contributed by atoms with Crippen molar-refractivity contribution in [3.05, 3.63) is 60.3 Å². The minimum atomic E-state index is -0.522. The van der Waals surface area contributed by atoms with Gasteiger partial charge in [0.25, 0.3) is 0 Å². The topological polar surface area (TPSA) is 56.1 Å². The lowest BCUT2D eigenvalue weighted by Crippen LogP contribution is -2.31. The number of fused-ring (bicyclic) bond motifs is 1. The lowest BCUT2D eigenvalue weighted by molar-refractivity contribution is 0.0510. The molecule has 1 atom stereocenters. The van der Waals surface area contributed by atoms with Crippen molar-refractivity contribution in [3.63, 3.8) is 0 Å². The fraction of sp³-hybridized carbons (Fsp3) is 0.250. The van der Waals surface area contributed by atoms with Crippen molar-refractivity contribution in [2.45, 2.75) is 26.5 Å². The number of aliphatic imine (C=N–C) groups is 1. The molecule has 0 spiro atoms. The summed E-state index contributed by atoms with van der Waals surface area (Å²) in [5, 5.41) is 22.0. The first-order chi connectivity index (χ1) is 11.6. The molecule has 0 saturated carbocycles. The second kappa shape index (κ2) is 6.89. The Balaban J connectivity index is 1.92. The third-order valence-corrected chi connectivity index (χ3v) is 4.22. The molecule has 0 radical (unpaired) electrons. The van der Waals surface area contributed by atoms with E-state index in [9.17, 15) is 10.2 Å². The molecule has 4 nitrogen and oxygen atoms in total. The van der Waals surface area contributed by atoms with Crippen molar-refractivity contribution in [2.24, 2.45) is 4.99 Å². The monoisotopic (exact) mass is 322 g/mol. The second-order valence-corrected chi connectivity index (χ2v) is 5.84. The summed E-state index contributed by atoms with van der Waals surface area (Å²) >= 11 is 0. The summed E-state index contributed by atoms with van der Waals surface area (Å²) in [5.41, 5.74) is 2.48. The van der Waals surface area contributed by atoms with E-state index in [2.05, 4.69) is 11.1 Å². The Hall–Kier alpha value is -2.59. The first-order valence-electron chi connectivity index (χ1n) is 8.21. The summed E-state index contributed by atoms with van der Waals surface area (Å²) in [6.45, 7) is 4.51. The summed E-state index contributed by atoms with van der Waals surface area (Å²) < 4.78 is 0. The van der Waals surface area contributed by atoms with Crippen LogP contribution in [0.2, 0.25) is 0 Å². The molecule has 2 aromatic carbocycles. The number of aromatic hydroxyl groups is 1. The quantitative estimate of drug-likeness (QED) is 0.833. The molecule has 0 bridgehead atoms. The molecule has 4 heteroatoms. The lowest BCUT2D eigenvalue weighted by Gasteiger charge is -2.28. The van der Waals surface area contributed by atoms with Crippen molar-refractivity contribution in [2.75, 3.05) is 6.54 Å². The van der Waals surface area contributed by atoms with Crippen LogP contribution >= 0.6 is 0 Å². The minimum Gasteiger partial charge on any atom is -0.506 e. The molecule has 1 aliphatic rings. The van der Waals surface area contributed by atoms with E-state index in [0.29, 0.717) is 12.1 Å². The van der Waals surface area contributed by atoms with Gasteiger partial charge in [-0.25, -0.2) is 4.99 Å². The van der Waals surface area contributed by atoms with E-state index in [4.69, 9.17) is 0 Å². The van der Waals surface area contributed by atoms with Gasteiger partial charge < -0.3 is 15.1 Å². The molecular formula is C20H22N2O2. The average Bonchev–Trinajstić information content (AvgIpc) is 2.59. The van der Waals surface area contributed by atoms with E-state index in [0.717, 1.165) is 28.7 Å². The Morgan fingerprint density at radius 2 is 1.96 bits per heavy atom. The maximum atomic E-state index is 10.2. The van der Waals surface area contributed by atoms with E-state index in [1.807, 2.05) is 54.3 Å². The van der Waals surface area contributed by atoms with Gasteiger partial charge in [-0.1, -0.05) is 36.4 Å². The molecule has 0 heterocycles. The molecule has 2 aromatic rings. The zero-order valence-electron chi connectivity index (χ0n) is 14.0. The van der Waals surface area contributed by atoms with Crippen LogP contribution in [0.4, 0.5) is 5.69 Å². The SMILES string of the molecule is CCN(C1=CCC(=Nc2c(O)ccc3ccccc23)C=C1)C(C)O. The average molecular weight is 322 g/mol. The van der Waals surface area contributed by atoms with Crippen molar-refractivity contribution in [3.8, 4) is 5.75 Å². The van der Waals surface area contributed by atoms with Crippen LogP contribution in [0.15, 0.2) is 65.3 Å². The summed E-state index contributed by atoms with van der Waals surface area (Å²) in [4.78, 5) is 6.58. The van der Waals surface area contributed by atoms with Gasteiger partial charge in [0.1, 0.15) is 17.7 Å². The Kier molecular flexibility index (Phi) is 4.67. The number of phenolic OH excluding ortho intramolecular Hbond substituents is 1. The molecule has 124 valence electrons. The maximum absolute atomic E-state index is 10.2. The summed E-state index contributed by atoms with van der Waals surface area (Å²) in [5.74, 6) is 0.184. The zero-order valence-corrected chi connectivity index (χ0v) is 14.0. The number of nitrogens with zero attached hydrogens (tertiary/aromatic N) is 2. The van der Waals surface area contributed by atoms with E-state index >= 15 is 0 Å². The highest BCUT2D eigenvalue weighted by molar-refractivity contribution is 6.03. The molecule has 1 aliphatic carbocycles. The van der Waals surface area contributed by atoms with Crippen molar-refractivity contribution in [1.82, 2.24) is 4.90 Å². The molecule has 3 rings (SSSR count). The van der Waals surface area contributed by atoms with Gasteiger partial charge in [-0.2, -0.15) is 0 Å². The standard InChI is InChI=1S/C20H22N2O2/c1-3-22(14(2)23)17-11-9-16(10-12-17)21-20-18-7-5-4-6-15(18)8-13-19(20)24/h4-9,11-14,23-24H,3,10H2,1-2H3. The molecule has 0 amide bonds. The predicted octanol–water partition coefficient (Wildman–Crippen LogP) is 4.12. The largest absolute Gasteiger partial charge is 0.506 e. The first-order valence-corrected chi connectivity index (χ1v) is 8.21. The van der Waals surface area contributed by atoms with Gasteiger partial charge in [-0.05, 0) is 37.5 Å². The number of likely N-dealkylation sites (N-methyl/N-ethyl adjacent to an activating group) is 1. The number of phenols is 1. The van der Waals surface area contributed by atoms with Gasteiger partial charge in [0.05, 0.1) is 0 Å². The van der Waals surface area contributed by atoms with Crippen LogP contribution in [0.3, 0.4) is 0 Å². The van der Waals surface area contributed by atoms with Gasteiger partial charge in [0, 0.05) is 29.8 Å².